The summed E-state index contributed by atoms with van der Waals surface area (Å²) in [6, 6.07) is 32.1. The molecular formula is C30H32N2O2. The zero-order chi connectivity index (χ0) is 24.3. The number of anilines is 4. The van der Waals surface area contributed by atoms with Crippen LogP contribution < -0.4 is 10.6 Å². The first-order chi connectivity index (χ1) is 16.1. The Morgan fingerprint density at radius 1 is 0.471 bits per heavy atom. The van der Waals surface area contributed by atoms with Gasteiger partial charge in [-0.3, -0.25) is 0 Å². The van der Waals surface area contributed by atoms with Gasteiger partial charge in [0, 0.05) is 33.9 Å². The Bertz CT molecular complexity index is 1150. The van der Waals surface area contributed by atoms with E-state index in [1.165, 1.54) is 0 Å². The van der Waals surface area contributed by atoms with Crippen LogP contribution in [0.1, 0.15) is 38.8 Å². The number of rotatable bonds is 7. The molecule has 0 unspecified atom stereocenters. The van der Waals surface area contributed by atoms with Gasteiger partial charge in [0.25, 0.3) is 0 Å². The number of benzene rings is 4. The molecule has 0 heterocycles. The van der Waals surface area contributed by atoms with Crippen LogP contribution in [0.4, 0.5) is 22.7 Å². The lowest BCUT2D eigenvalue weighted by Gasteiger charge is -2.22. The summed E-state index contributed by atoms with van der Waals surface area (Å²) in [4.78, 5) is 0. The highest BCUT2D eigenvalue weighted by atomic mass is 16.3. The van der Waals surface area contributed by atoms with Crippen LogP contribution in [-0.2, 0) is 11.2 Å². The van der Waals surface area contributed by atoms with E-state index in [0.717, 1.165) is 45.0 Å². The highest BCUT2D eigenvalue weighted by molar-refractivity contribution is 5.72. The second-order valence-electron chi connectivity index (χ2n) is 9.61. The average molecular weight is 453 g/mol. The second kappa shape index (κ2) is 9.34. The van der Waals surface area contributed by atoms with E-state index in [0.29, 0.717) is 0 Å². The molecule has 4 rings (SSSR count). The summed E-state index contributed by atoms with van der Waals surface area (Å²) in [6.45, 7) is 7.16. The molecule has 0 bridgehead atoms. The summed E-state index contributed by atoms with van der Waals surface area (Å²) in [5.74, 6) is 0. The van der Waals surface area contributed by atoms with E-state index < -0.39 is 11.2 Å². The maximum absolute atomic E-state index is 10.5. The van der Waals surface area contributed by atoms with Gasteiger partial charge in [-0.1, -0.05) is 60.7 Å². The molecule has 0 atom stereocenters. The first-order valence-electron chi connectivity index (χ1n) is 11.5. The first kappa shape index (κ1) is 23.6. The molecule has 0 amide bonds. The quantitative estimate of drug-likeness (QED) is 0.238. The Kier molecular flexibility index (Phi) is 6.47. The summed E-state index contributed by atoms with van der Waals surface area (Å²) in [6.07, 6.45) is 0. The maximum Gasteiger partial charge on any atom is 0.0860 e. The molecular weight excluding hydrogens is 420 g/mol. The van der Waals surface area contributed by atoms with Crippen LogP contribution in [0.15, 0.2) is 97.1 Å². The Morgan fingerprint density at radius 3 is 1.12 bits per heavy atom. The lowest BCUT2D eigenvalue weighted by atomic mass is 9.96. The van der Waals surface area contributed by atoms with Crippen LogP contribution in [0.3, 0.4) is 0 Å². The van der Waals surface area contributed by atoms with E-state index in [-0.39, 0.29) is 0 Å². The average Bonchev–Trinajstić information content (AvgIpc) is 2.79. The van der Waals surface area contributed by atoms with Gasteiger partial charge in [0.05, 0.1) is 11.2 Å². The van der Waals surface area contributed by atoms with Crippen molar-refractivity contribution in [3.63, 3.8) is 0 Å². The van der Waals surface area contributed by atoms with Crippen molar-refractivity contribution < 1.29 is 10.2 Å². The van der Waals surface area contributed by atoms with Gasteiger partial charge in [0.2, 0.25) is 0 Å². The van der Waals surface area contributed by atoms with Crippen molar-refractivity contribution >= 4 is 22.7 Å². The van der Waals surface area contributed by atoms with Crippen LogP contribution in [0.25, 0.3) is 11.1 Å². The highest BCUT2D eigenvalue weighted by Gasteiger charge is 2.20. The van der Waals surface area contributed by atoms with Crippen LogP contribution >= 0.6 is 0 Å². The third kappa shape index (κ3) is 5.48. The number of hydrogen-bond donors (Lipinski definition) is 4. The normalized spacial score (nSPS) is 11.8. The molecule has 0 aliphatic heterocycles. The highest BCUT2D eigenvalue weighted by Crippen LogP contribution is 2.32. The molecule has 0 spiro atoms. The minimum atomic E-state index is -0.924. The zero-order valence-corrected chi connectivity index (χ0v) is 20.1. The van der Waals surface area contributed by atoms with Crippen molar-refractivity contribution in [2.45, 2.75) is 38.9 Å². The molecule has 4 nitrogen and oxygen atoms in total. The van der Waals surface area contributed by atoms with E-state index in [9.17, 15) is 10.2 Å². The lowest BCUT2D eigenvalue weighted by molar-refractivity contribution is 0.0788. The fraction of sp³-hybridized carbons (Fsp3) is 0.200. The van der Waals surface area contributed by atoms with Gasteiger partial charge in [0.1, 0.15) is 0 Å². The largest absolute Gasteiger partial charge is 0.386 e. The van der Waals surface area contributed by atoms with Crippen molar-refractivity contribution in [3.05, 3.63) is 108 Å². The van der Waals surface area contributed by atoms with Gasteiger partial charge in [0.15, 0.2) is 0 Å². The Balaban J connectivity index is 1.49. The Morgan fingerprint density at radius 2 is 0.794 bits per heavy atom. The Hall–Kier alpha value is -3.60. The SMILES string of the molecule is CC(C)(O)c1ccccc1Nc1ccc(-c2ccc(Nc3ccccc3C(C)(C)O)cc2)cc1. The molecule has 4 aromatic rings. The van der Waals surface area contributed by atoms with Crippen molar-refractivity contribution in [1.29, 1.82) is 0 Å². The second-order valence-corrected chi connectivity index (χ2v) is 9.61. The molecule has 174 valence electrons. The number of aliphatic hydroxyl groups is 2. The number of nitrogens with one attached hydrogen (secondary N) is 2. The molecule has 0 radical (unpaired) electrons. The first-order valence-corrected chi connectivity index (χ1v) is 11.5. The summed E-state index contributed by atoms with van der Waals surface area (Å²) >= 11 is 0. The van der Waals surface area contributed by atoms with Gasteiger partial charge in [-0.25, -0.2) is 0 Å². The van der Waals surface area contributed by atoms with Crippen LogP contribution in [0.5, 0.6) is 0 Å². The third-order valence-electron chi connectivity index (χ3n) is 5.83. The molecule has 0 aliphatic carbocycles. The maximum atomic E-state index is 10.5. The topological polar surface area (TPSA) is 64.5 Å². The standard InChI is InChI=1S/C30H32N2O2/c1-29(2,33)25-9-5-7-11-27(25)31-23-17-13-21(14-18-23)22-15-19-24(20-16-22)32-28-12-8-6-10-26(28)30(3,4)34/h5-20,31-34H,1-4H3. The van der Waals surface area contributed by atoms with Crippen LogP contribution in [0.2, 0.25) is 0 Å². The molecule has 4 heteroatoms. The van der Waals surface area contributed by atoms with Gasteiger partial charge >= 0.3 is 0 Å². The van der Waals surface area contributed by atoms with Gasteiger partial charge in [-0.05, 0) is 75.2 Å². The molecule has 0 aromatic heterocycles. The molecule has 4 N–H and O–H groups in total. The predicted molar refractivity (Wildman–Crippen MR) is 142 cm³/mol. The monoisotopic (exact) mass is 452 g/mol. The van der Waals surface area contributed by atoms with Crippen LogP contribution in [0, 0.1) is 0 Å². The predicted octanol–water partition coefficient (Wildman–Crippen LogP) is 7.30. The Labute approximate surface area is 201 Å². The summed E-state index contributed by atoms with van der Waals surface area (Å²) in [5.41, 5.74) is 5.80. The van der Waals surface area contributed by atoms with E-state index in [1.807, 2.05) is 72.8 Å². The van der Waals surface area contributed by atoms with Gasteiger partial charge in [-0.15, -0.1) is 0 Å². The summed E-state index contributed by atoms with van der Waals surface area (Å²) < 4.78 is 0. The van der Waals surface area contributed by atoms with Gasteiger partial charge in [-0.2, -0.15) is 0 Å². The van der Waals surface area contributed by atoms with Crippen molar-refractivity contribution in [2.75, 3.05) is 10.6 Å². The summed E-state index contributed by atoms with van der Waals surface area (Å²) in [5, 5.41) is 27.7. The van der Waals surface area contributed by atoms with E-state index >= 15 is 0 Å². The molecule has 0 saturated carbocycles. The van der Waals surface area contributed by atoms with Crippen molar-refractivity contribution in [3.8, 4) is 11.1 Å². The van der Waals surface area contributed by atoms with Crippen LogP contribution in [-0.4, -0.2) is 10.2 Å². The molecule has 0 saturated heterocycles. The fourth-order valence-corrected chi connectivity index (χ4v) is 4.05. The van der Waals surface area contributed by atoms with E-state index in [1.54, 1.807) is 27.7 Å². The third-order valence-corrected chi connectivity index (χ3v) is 5.83. The lowest BCUT2D eigenvalue weighted by Crippen LogP contribution is -2.17. The van der Waals surface area contributed by atoms with Crippen molar-refractivity contribution in [2.24, 2.45) is 0 Å². The minimum absolute atomic E-state index is 0.855. The molecule has 4 aromatic carbocycles. The van der Waals surface area contributed by atoms with Crippen molar-refractivity contribution in [1.82, 2.24) is 0 Å². The summed E-state index contributed by atoms with van der Waals surface area (Å²) in [7, 11) is 0. The van der Waals surface area contributed by atoms with E-state index in [2.05, 4.69) is 34.9 Å². The molecule has 34 heavy (non-hydrogen) atoms. The number of hydrogen-bond acceptors (Lipinski definition) is 4. The minimum Gasteiger partial charge on any atom is -0.386 e. The zero-order valence-electron chi connectivity index (χ0n) is 20.1. The van der Waals surface area contributed by atoms with Gasteiger partial charge < -0.3 is 20.8 Å². The molecule has 0 fully saturated rings. The smallest absolute Gasteiger partial charge is 0.0860 e. The van der Waals surface area contributed by atoms with E-state index in [4.69, 9.17) is 0 Å². The number of para-hydroxylation sites is 2. The fourth-order valence-electron chi connectivity index (χ4n) is 4.05. The molecule has 0 aliphatic rings.